The van der Waals surface area contributed by atoms with Crippen LogP contribution in [-0.4, -0.2) is 15.9 Å². The molecule has 0 saturated heterocycles. The van der Waals surface area contributed by atoms with Crippen molar-refractivity contribution in [2.75, 3.05) is 5.32 Å². The number of benzene rings is 1. The Morgan fingerprint density at radius 2 is 1.95 bits per heavy atom. The van der Waals surface area contributed by atoms with Crippen molar-refractivity contribution in [2.24, 2.45) is 0 Å². The molecule has 0 aliphatic rings. The highest BCUT2D eigenvalue weighted by molar-refractivity contribution is 6.09. The SMILES string of the molecule is Cc1cc(C)c2nc(C)cc(NC(=O)c3cccnc3)c2c1. The number of hydrogen-bond donors (Lipinski definition) is 1. The summed E-state index contributed by atoms with van der Waals surface area (Å²) in [6.45, 7) is 6.01. The fourth-order valence-electron chi connectivity index (χ4n) is 2.60. The van der Waals surface area contributed by atoms with Crippen LogP contribution in [0.3, 0.4) is 0 Å². The van der Waals surface area contributed by atoms with Gasteiger partial charge in [-0.25, -0.2) is 0 Å². The lowest BCUT2D eigenvalue weighted by Crippen LogP contribution is -2.13. The number of amides is 1. The van der Waals surface area contributed by atoms with E-state index in [4.69, 9.17) is 0 Å². The van der Waals surface area contributed by atoms with Crippen molar-refractivity contribution in [3.05, 3.63) is 65.1 Å². The molecule has 0 bridgehead atoms. The fourth-order valence-corrected chi connectivity index (χ4v) is 2.60. The second-order valence-electron chi connectivity index (χ2n) is 5.49. The van der Waals surface area contributed by atoms with Crippen LogP contribution in [0.25, 0.3) is 10.9 Å². The molecule has 1 aromatic carbocycles. The number of hydrogen-bond acceptors (Lipinski definition) is 3. The molecule has 110 valence electrons. The van der Waals surface area contributed by atoms with E-state index in [-0.39, 0.29) is 5.91 Å². The minimum Gasteiger partial charge on any atom is -0.321 e. The third kappa shape index (κ3) is 2.68. The summed E-state index contributed by atoms with van der Waals surface area (Å²) in [5, 5.41) is 3.94. The lowest BCUT2D eigenvalue weighted by molar-refractivity contribution is 0.102. The van der Waals surface area contributed by atoms with Crippen molar-refractivity contribution in [1.82, 2.24) is 9.97 Å². The van der Waals surface area contributed by atoms with E-state index in [2.05, 4.69) is 21.4 Å². The lowest BCUT2D eigenvalue weighted by Gasteiger charge is -2.12. The van der Waals surface area contributed by atoms with E-state index in [1.165, 1.54) is 0 Å². The number of carbonyl (C=O) groups is 1. The van der Waals surface area contributed by atoms with Crippen LogP contribution in [0.4, 0.5) is 5.69 Å². The van der Waals surface area contributed by atoms with Gasteiger partial charge in [-0.1, -0.05) is 11.6 Å². The second kappa shape index (κ2) is 5.56. The fraction of sp³-hybridized carbons (Fsp3) is 0.167. The van der Waals surface area contributed by atoms with E-state index in [9.17, 15) is 4.79 Å². The van der Waals surface area contributed by atoms with Crippen molar-refractivity contribution in [3.63, 3.8) is 0 Å². The molecule has 4 heteroatoms. The number of aromatic nitrogens is 2. The second-order valence-corrected chi connectivity index (χ2v) is 5.49. The van der Waals surface area contributed by atoms with Crippen LogP contribution in [0, 0.1) is 20.8 Å². The molecule has 0 fully saturated rings. The summed E-state index contributed by atoms with van der Waals surface area (Å²) in [6, 6.07) is 9.54. The summed E-state index contributed by atoms with van der Waals surface area (Å²) in [4.78, 5) is 20.9. The molecular formula is C18H17N3O. The minimum atomic E-state index is -0.167. The van der Waals surface area contributed by atoms with E-state index < -0.39 is 0 Å². The van der Waals surface area contributed by atoms with Crippen LogP contribution in [0.2, 0.25) is 0 Å². The van der Waals surface area contributed by atoms with Gasteiger partial charge in [0.15, 0.2) is 0 Å². The van der Waals surface area contributed by atoms with E-state index in [0.717, 1.165) is 33.4 Å². The molecule has 0 radical (unpaired) electrons. The predicted molar refractivity (Wildman–Crippen MR) is 88.1 cm³/mol. The monoisotopic (exact) mass is 291 g/mol. The van der Waals surface area contributed by atoms with Gasteiger partial charge in [0.2, 0.25) is 0 Å². The zero-order valence-corrected chi connectivity index (χ0v) is 12.8. The Hall–Kier alpha value is -2.75. The molecule has 4 nitrogen and oxygen atoms in total. The van der Waals surface area contributed by atoms with Crippen molar-refractivity contribution >= 4 is 22.5 Å². The Kier molecular flexibility index (Phi) is 3.59. The van der Waals surface area contributed by atoms with E-state index in [0.29, 0.717) is 5.56 Å². The Balaban J connectivity index is 2.09. The zero-order valence-electron chi connectivity index (χ0n) is 12.8. The van der Waals surface area contributed by atoms with Gasteiger partial charge in [0, 0.05) is 23.5 Å². The number of pyridine rings is 2. The van der Waals surface area contributed by atoms with Crippen molar-refractivity contribution < 1.29 is 4.79 Å². The first kappa shape index (κ1) is 14.2. The summed E-state index contributed by atoms with van der Waals surface area (Å²) >= 11 is 0. The quantitative estimate of drug-likeness (QED) is 0.781. The van der Waals surface area contributed by atoms with Crippen LogP contribution in [0.15, 0.2) is 42.7 Å². The van der Waals surface area contributed by atoms with Gasteiger partial charge >= 0.3 is 0 Å². The van der Waals surface area contributed by atoms with Crippen LogP contribution in [0.5, 0.6) is 0 Å². The lowest BCUT2D eigenvalue weighted by atomic mass is 10.0. The molecule has 2 aromatic heterocycles. The number of carbonyl (C=O) groups excluding carboxylic acids is 1. The maximum atomic E-state index is 12.4. The van der Waals surface area contributed by atoms with Gasteiger partial charge in [0.1, 0.15) is 0 Å². The maximum Gasteiger partial charge on any atom is 0.257 e. The molecule has 0 aliphatic carbocycles. The number of aryl methyl sites for hydroxylation is 3. The smallest absolute Gasteiger partial charge is 0.257 e. The Morgan fingerprint density at radius 1 is 1.14 bits per heavy atom. The summed E-state index contributed by atoms with van der Waals surface area (Å²) in [6.07, 6.45) is 3.21. The van der Waals surface area contributed by atoms with Gasteiger partial charge < -0.3 is 5.32 Å². The first-order chi connectivity index (χ1) is 10.5. The van der Waals surface area contributed by atoms with Crippen LogP contribution in [-0.2, 0) is 0 Å². The van der Waals surface area contributed by atoms with E-state index in [1.54, 1.807) is 24.5 Å². The molecule has 3 rings (SSSR count). The summed E-state index contributed by atoms with van der Waals surface area (Å²) in [5.74, 6) is -0.167. The van der Waals surface area contributed by atoms with Gasteiger partial charge in [0.25, 0.3) is 5.91 Å². The van der Waals surface area contributed by atoms with E-state index in [1.807, 2.05) is 32.9 Å². The van der Waals surface area contributed by atoms with Crippen molar-refractivity contribution in [2.45, 2.75) is 20.8 Å². The summed E-state index contributed by atoms with van der Waals surface area (Å²) in [7, 11) is 0. The molecule has 0 aliphatic heterocycles. The Labute approximate surface area is 129 Å². The van der Waals surface area contributed by atoms with E-state index >= 15 is 0 Å². The third-order valence-corrected chi connectivity index (χ3v) is 3.55. The zero-order chi connectivity index (χ0) is 15.7. The van der Waals surface area contributed by atoms with Gasteiger partial charge in [-0.2, -0.15) is 0 Å². The number of nitrogens with one attached hydrogen (secondary N) is 1. The van der Waals surface area contributed by atoms with Crippen LogP contribution in [0.1, 0.15) is 27.2 Å². The molecule has 2 heterocycles. The van der Waals surface area contributed by atoms with Gasteiger partial charge in [-0.15, -0.1) is 0 Å². The Morgan fingerprint density at radius 3 is 2.68 bits per heavy atom. The molecule has 1 amide bonds. The van der Waals surface area contributed by atoms with Crippen molar-refractivity contribution in [3.8, 4) is 0 Å². The number of fused-ring (bicyclic) bond motifs is 1. The number of rotatable bonds is 2. The highest BCUT2D eigenvalue weighted by atomic mass is 16.1. The molecular weight excluding hydrogens is 274 g/mol. The average Bonchev–Trinajstić information content (AvgIpc) is 2.49. The number of nitrogens with zero attached hydrogens (tertiary/aromatic N) is 2. The topological polar surface area (TPSA) is 54.9 Å². The Bertz CT molecular complexity index is 857. The molecule has 1 N–H and O–H groups in total. The number of anilines is 1. The molecule has 0 spiro atoms. The van der Waals surface area contributed by atoms with Crippen LogP contribution < -0.4 is 5.32 Å². The molecule has 0 unspecified atom stereocenters. The summed E-state index contributed by atoms with van der Waals surface area (Å²) < 4.78 is 0. The standard InChI is InChI=1S/C18H17N3O/c1-11-7-12(2)17-15(8-11)16(9-13(3)20-17)21-18(22)14-5-4-6-19-10-14/h4-10H,1-3H3,(H,20,21,22). The third-order valence-electron chi connectivity index (χ3n) is 3.55. The van der Waals surface area contributed by atoms with Crippen molar-refractivity contribution in [1.29, 1.82) is 0 Å². The molecule has 0 saturated carbocycles. The highest BCUT2D eigenvalue weighted by Gasteiger charge is 2.11. The normalized spacial score (nSPS) is 10.7. The first-order valence-electron chi connectivity index (χ1n) is 7.14. The average molecular weight is 291 g/mol. The van der Waals surface area contributed by atoms with Crippen LogP contribution >= 0.6 is 0 Å². The molecule has 22 heavy (non-hydrogen) atoms. The molecule has 0 atom stereocenters. The largest absolute Gasteiger partial charge is 0.321 e. The maximum absolute atomic E-state index is 12.4. The highest BCUT2D eigenvalue weighted by Crippen LogP contribution is 2.27. The molecule has 3 aromatic rings. The summed E-state index contributed by atoms with van der Waals surface area (Å²) in [5.41, 5.74) is 5.37. The minimum absolute atomic E-state index is 0.167. The van der Waals surface area contributed by atoms with Gasteiger partial charge in [-0.05, 0) is 50.6 Å². The van der Waals surface area contributed by atoms with Gasteiger partial charge in [-0.3, -0.25) is 14.8 Å². The predicted octanol–water partition coefficient (Wildman–Crippen LogP) is 3.81. The van der Waals surface area contributed by atoms with Gasteiger partial charge in [0.05, 0.1) is 16.8 Å². The first-order valence-corrected chi connectivity index (χ1v) is 7.14.